The molecule has 1 N–H and O–H groups in total. The van der Waals surface area contributed by atoms with Crippen LogP contribution in [-0.2, 0) is 17.8 Å². The van der Waals surface area contributed by atoms with Crippen molar-refractivity contribution in [2.45, 2.75) is 26.3 Å². The summed E-state index contributed by atoms with van der Waals surface area (Å²) in [5.74, 6) is -0.0497. The fourth-order valence-electron chi connectivity index (χ4n) is 3.06. The number of aromatic nitrogens is 3. The number of fused-ring (bicyclic) bond motifs is 1. The average molecular weight is 376 g/mol. The molecule has 136 valence electrons. The van der Waals surface area contributed by atoms with Gasteiger partial charge in [-0.05, 0) is 36.1 Å². The van der Waals surface area contributed by atoms with Gasteiger partial charge in [-0.25, -0.2) is 0 Å². The zero-order chi connectivity index (χ0) is 18.6. The van der Waals surface area contributed by atoms with Crippen LogP contribution < -0.4 is 5.32 Å². The third kappa shape index (κ3) is 4.23. The Labute approximate surface area is 161 Å². The average Bonchev–Trinajstić information content (AvgIpc) is 3.27. The van der Waals surface area contributed by atoms with E-state index >= 15 is 0 Å². The molecule has 6 heteroatoms. The van der Waals surface area contributed by atoms with Crippen LogP contribution in [0.15, 0.2) is 60.8 Å². The lowest BCUT2D eigenvalue weighted by Gasteiger charge is -2.05. The number of anilines is 1. The molecule has 0 aliphatic heterocycles. The Morgan fingerprint density at radius 2 is 1.96 bits per heavy atom. The first-order valence-corrected chi connectivity index (χ1v) is 9.71. The molecule has 2 heterocycles. The Morgan fingerprint density at radius 1 is 1.11 bits per heavy atom. The van der Waals surface area contributed by atoms with Gasteiger partial charge in [-0.3, -0.25) is 4.79 Å². The van der Waals surface area contributed by atoms with Gasteiger partial charge in [-0.1, -0.05) is 53.3 Å². The Hall–Kier alpha value is -2.99. The number of hydrogen-bond acceptors (Lipinski definition) is 4. The summed E-state index contributed by atoms with van der Waals surface area (Å²) in [4.78, 5) is 12.3. The van der Waals surface area contributed by atoms with Crippen molar-refractivity contribution in [2.24, 2.45) is 0 Å². The van der Waals surface area contributed by atoms with Gasteiger partial charge >= 0.3 is 0 Å². The Morgan fingerprint density at radius 3 is 2.81 bits per heavy atom. The van der Waals surface area contributed by atoms with E-state index in [1.807, 2.05) is 24.4 Å². The van der Waals surface area contributed by atoms with Crippen molar-refractivity contribution in [3.8, 4) is 0 Å². The fourth-order valence-corrected chi connectivity index (χ4v) is 3.85. The smallest absolute Gasteiger partial charge is 0.227 e. The number of hydrogen-bond donors (Lipinski definition) is 1. The Kier molecular flexibility index (Phi) is 4.98. The molecule has 0 saturated carbocycles. The molecule has 0 fully saturated rings. The molecule has 0 saturated heterocycles. The minimum atomic E-state index is -0.0497. The van der Waals surface area contributed by atoms with Gasteiger partial charge in [0.1, 0.15) is 5.01 Å². The predicted octanol–water partition coefficient (Wildman–Crippen LogP) is 4.42. The van der Waals surface area contributed by atoms with Gasteiger partial charge in [-0.15, -0.1) is 10.2 Å². The molecular formula is C21H20N4OS. The summed E-state index contributed by atoms with van der Waals surface area (Å²) in [7, 11) is 0. The minimum absolute atomic E-state index is 0.0497. The van der Waals surface area contributed by atoms with Gasteiger partial charge in [0.05, 0.1) is 0 Å². The van der Waals surface area contributed by atoms with E-state index in [-0.39, 0.29) is 5.91 Å². The van der Waals surface area contributed by atoms with E-state index in [9.17, 15) is 4.79 Å². The van der Waals surface area contributed by atoms with Crippen molar-refractivity contribution in [3.05, 3.63) is 76.9 Å². The SMILES string of the molecule is Cc1ccc2c(ccn2CCC(=O)Nc2nnc(Cc3ccccc3)s2)c1. The first-order chi connectivity index (χ1) is 13.2. The maximum atomic E-state index is 12.3. The van der Waals surface area contributed by atoms with Crippen LogP contribution in [-0.4, -0.2) is 20.7 Å². The second kappa shape index (κ2) is 7.72. The number of nitrogens with one attached hydrogen (secondary N) is 1. The number of aryl methyl sites for hydroxylation is 2. The van der Waals surface area contributed by atoms with Crippen molar-refractivity contribution in [2.75, 3.05) is 5.32 Å². The van der Waals surface area contributed by atoms with Crippen LogP contribution in [0.1, 0.15) is 22.6 Å². The van der Waals surface area contributed by atoms with E-state index in [2.05, 4.69) is 63.4 Å². The van der Waals surface area contributed by atoms with Gasteiger partial charge < -0.3 is 9.88 Å². The molecule has 0 bridgehead atoms. The Bertz CT molecular complexity index is 1070. The highest BCUT2D eigenvalue weighted by atomic mass is 32.1. The quantitative estimate of drug-likeness (QED) is 0.542. The number of benzene rings is 2. The molecule has 0 aliphatic rings. The molecule has 2 aromatic carbocycles. The second-order valence-corrected chi connectivity index (χ2v) is 7.59. The minimum Gasteiger partial charge on any atom is -0.347 e. The van der Waals surface area contributed by atoms with E-state index in [0.29, 0.717) is 18.1 Å². The zero-order valence-electron chi connectivity index (χ0n) is 15.1. The summed E-state index contributed by atoms with van der Waals surface area (Å²) in [5.41, 5.74) is 3.57. The summed E-state index contributed by atoms with van der Waals surface area (Å²) in [6, 6.07) is 18.5. The number of carbonyl (C=O) groups is 1. The molecule has 4 aromatic rings. The van der Waals surface area contributed by atoms with Crippen molar-refractivity contribution in [1.29, 1.82) is 0 Å². The maximum absolute atomic E-state index is 12.3. The largest absolute Gasteiger partial charge is 0.347 e. The van der Waals surface area contributed by atoms with Crippen LogP contribution in [0.25, 0.3) is 10.9 Å². The van der Waals surface area contributed by atoms with E-state index in [1.54, 1.807) is 0 Å². The van der Waals surface area contributed by atoms with E-state index in [1.165, 1.54) is 27.8 Å². The molecule has 1 amide bonds. The normalized spacial score (nSPS) is 11.0. The lowest BCUT2D eigenvalue weighted by molar-refractivity contribution is -0.116. The molecule has 0 unspecified atom stereocenters. The molecule has 4 rings (SSSR count). The highest BCUT2D eigenvalue weighted by molar-refractivity contribution is 7.15. The fraction of sp³-hybridized carbons (Fsp3) is 0.190. The van der Waals surface area contributed by atoms with Crippen LogP contribution in [0, 0.1) is 6.92 Å². The number of rotatable bonds is 6. The maximum Gasteiger partial charge on any atom is 0.227 e. The summed E-state index contributed by atoms with van der Waals surface area (Å²) < 4.78 is 2.11. The monoisotopic (exact) mass is 376 g/mol. The summed E-state index contributed by atoms with van der Waals surface area (Å²) in [5, 5.41) is 13.8. The van der Waals surface area contributed by atoms with Crippen molar-refractivity contribution >= 4 is 33.3 Å². The molecule has 0 atom stereocenters. The molecule has 5 nitrogen and oxygen atoms in total. The zero-order valence-corrected chi connectivity index (χ0v) is 15.9. The van der Waals surface area contributed by atoms with Crippen molar-refractivity contribution in [3.63, 3.8) is 0 Å². The Balaban J connectivity index is 1.34. The molecule has 0 spiro atoms. The van der Waals surface area contributed by atoms with Crippen molar-refractivity contribution < 1.29 is 4.79 Å². The summed E-state index contributed by atoms with van der Waals surface area (Å²) in [6.45, 7) is 2.71. The molecule has 2 aromatic heterocycles. The number of nitrogens with zero attached hydrogens (tertiary/aromatic N) is 3. The second-order valence-electron chi connectivity index (χ2n) is 6.53. The van der Waals surface area contributed by atoms with Crippen LogP contribution in [0.2, 0.25) is 0 Å². The van der Waals surface area contributed by atoms with E-state index < -0.39 is 0 Å². The van der Waals surface area contributed by atoms with Gasteiger partial charge in [0.2, 0.25) is 11.0 Å². The highest BCUT2D eigenvalue weighted by Gasteiger charge is 2.10. The van der Waals surface area contributed by atoms with Crippen molar-refractivity contribution in [1.82, 2.24) is 14.8 Å². The summed E-state index contributed by atoms with van der Waals surface area (Å²) in [6.07, 6.45) is 3.15. The molecule has 0 radical (unpaired) electrons. The number of amides is 1. The first-order valence-electron chi connectivity index (χ1n) is 8.89. The third-order valence-corrected chi connectivity index (χ3v) is 5.26. The van der Waals surface area contributed by atoms with Gasteiger partial charge in [0.25, 0.3) is 0 Å². The number of carbonyl (C=O) groups excluding carboxylic acids is 1. The first kappa shape index (κ1) is 17.4. The predicted molar refractivity (Wildman–Crippen MR) is 109 cm³/mol. The molecular weight excluding hydrogens is 356 g/mol. The standard InChI is InChI=1S/C21H20N4OS/c1-15-7-8-18-17(13-15)9-11-25(18)12-10-19(26)22-21-24-23-20(27-21)14-16-5-3-2-4-6-16/h2-9,11,13H,10,12,14H2,1H3,(H,22,24,26). The lowest BCUT2D eigenvalue weighted by Crippen LogP contribution is -2.14. The van der Waals surface area contributed by atoms with Crippen LogP contribution in [0.4, 0.5) is 5.13 Å². The molecule has 27 heavy (non-hydrogen) atoms. The van der Waals surface area contributed by atoms with Gasteiger partial charge in [0, 0.05) is 31.1 Å². The van der Waals surface area contributed by atoms with E-state index in [0.717, 1.165) is 16.9 Å². The van der Waals surface area contributed by atoms with E-state index in [4.69, 9.17) is 0 Å². The van der Waals surface area contributed by atoms with Crippen LogP contribution in [0.3, 0.4) is 0 Å². The summed E-state index contributed by atoms with van der Waals surface area (Å²) >= 11 is 1.42. The van der Waals surface area contributed by atoms with Crippen LogP contribution >= 0.6 is 11.3 Å². The highest BCUT2D eigenvalue weighted by Crippen LogP contribution is 2.20. The lowest BCUT2D eigenvalue weighted by atomic mass is 10.2. The van der Waals surface area contributed by atoms with Gasteiger partial charge in [0.15, 0.2) is 0 Å². The third-order valence-electron chi connectivity index (χ3n) is 4.42. The molecule has 0 aliphatic carbocycles. The topological polar surface area (TPSA) is 59.8 Å². The van der Waals surface area contributed by atoms with Crippen LogP contribution in [0.5, 0.6) is 0 Å². The van der Waals surface area contributed by atoms with Gasteiger partial charge in [-0.2, -0.15) is 0 Å².